The molecule has 2 heteroatoms. The number of hydrogen-bond donors (Lipinski definition) is 0. The minimum atomic E-state index is -1.11. The maximum Gasteiger partial charge on any atom is 1.00 e. The van der Waals surface area contributed by atoms with E-state index >= 15 is 0 Å². The molecule has 0 unspecified atom stereocenters. The van der Waals surface area contributed by atoms with Crippen LogP contribution in [0.15, 0.2) is 60.7 Å². The molecule has 0 aliphatic rings. The summed E-state index contributed by atoms with van der Waals surface area (Å²) in [5, 5.41) is 2.86. The number of benzene rings is 2. The van der Waals surface area contributed by atoms with Gasteiger partial charge in [-0.05, 0) is 10.4 Å². The van der Waals surface area contributed by atoms with Gasteiger partial charge in [0.1, 0.15) is 0 Å². The van der Waals surface area contributed by atoms with Crippen molar-refractivity contribution in [2.75, 3.05) is 0 Å². The van der Waals surface area contributed by atoms with E-state index in [9.17, 15) is 0 Å². The standard InChI is InChI=1S/C12H11BrSi/c13-14(11-7-3-1-4-8-11)12-9-5-2-6-10-12/h1-10,14H/p+1. The van der Waals surface area contributed by atoms with Gasteiger partial charge < -0.3 is 0 Å². The molecule has 14 heavy (non-hydrogen) atoms. The zero-order valence-corrected chi connectivity index (χ0v) is 10.5. The van der Waals surface area contributed by atoms with Crippen LogP contribution in [-0.2, 0) is 0 Å². The molecule has 0 bridgehead atoms. The van der Waals surface area contributed by atoms with E-state index in [1.165, 1.54) is 10.4 Å². The molecule has 70 valence electrons. The van der Waals surface area contributed by atoms with Gasteiger partial charge in [-0.2, -0.15) is 0 Å². The van der Waals surface area contributed by atoms with E-state index in [2.05, 4.69) is 76.0 Å². The molecular formula is C12H12BrSi+. The largest absolute Gasteiger partial charge is 1.00 e. The predicted octanol–water partition coefficient (Wildman–Crippen LogP) is 2.03. The minimum Gasteiger partial charge on any atom is -0.119 e. The molecule has 0 nitrogen and oxygen atoms in total. The second kappa shape index (κ2) is 4.58. The van der Waals surface area contributed by atoms with Crippen molar-refractivity contribution in [3.05, 3.63) is 60.7 Å². The summed E-state index contributed by atoms with van der Waals surface area (Å²) in [6.07, 6.45) is 0. The maximum absolute atomic E-state index is 3.83. The first-order valence-corrected chi connectivity index (χ1v) is 8.96. The highest BCUT2D eigenvalue weighted by Crippen LogP contribution is 1.97. The van der Waals surface area contributed by atoms with Crippen LogP contribution in [0.5, 0.6) is 0 Å². The highest BCUT2D eigenvalue weighted by atomic mass is 79.9. The Bertz CT molecular complexity index is 351. The van der Waals surface area contributed by atoms with E-state index in [0.29, 0.717) is 0 Å². The fourth-order valence-corrected chi connectivity index (χ4v) is 4.77. The third-order valence-corrected chi connectivity index (χ3v) is 7.30. The molecule has 0 saturated carbocycles. The van der Waals surface area contributed by atoms with E-state index in [4.69, 9.17) is 0 Å². The van der Waals surface area contributed by atoms with Gasteiger partial charge in [0.2, 0.25) is 0 Å². The van der Waals surface area contributed by atoms with Crippen LogP contribution < -0.4 is 10.4 Å². The summed E-state index contributed by atoms with van der Waals surface area (Å²) in [7, 11) is -1.11. The van der Waals surface area contributed by atoms with Crippen LogP contribution in [-0.4, -0.2) is 7.42 Å². The summed E-state index contributed by atoms with van der Waals surface area (Å²) in [6.45, 7) is 0. The molecule has 0 N–H and O–H groups in total. The summed E-state index contributed by atoms with van der Waals surface area (Å²) >= 11 is 3.83. The average molecular weight is 264 g/mol. The van der Waals surface area contributed by atoms with Crippen molar-refractivity contribution in [3.63, 3.8) is 0 Å². The number of halogens is 1. The van der Waals surface area contributed by atoms with Gasteiger partial charge in [-0.15, -0.1) is 15.3 Å². The second-order valence-electron chi connectivity index (χ2n) is 3.18. The van der Waals surface area contributed by atoms with Crippen LogP contribution in [0.3, 0.4) is 0 Å². The number of rotatable bonds is 2. The van der Waals surface area contributed by atoms with Crippen molar-refractivity contribution >= 4 is 33.1 Å². The molecule has 0 spiro atoms. The Morgan fingerprint density at radius 1 is 0.714 bits per heavy atom. The van der Waals surface area contributed by atoms with Crippen LogP contribution in [0.25, 0.3) is 0 Å². The molecule has 0 amide bonds. The predicted molar refractivity (Wildman–Crippen MR) is 69.3 cm³/mol. The smallest absolute Gasteiger partial charge is 0.119 e. The lowest BCUT2D eigenvalue weighted by Crippen LogP contribution is -2.36. The summed E-state index contributed by atoms with van der Waals surface area (Å²) in [6, 6.07) is 21.3. The molecule has 2 aromatic rings. The Balaban J connectivity index is 0.00000112. The zero-order chi connectivity index (χ0) is 9.80. The molecule has 0 aromatic heterocycles. The molecule has 0 fully saturated rings. The SMILES string of the molecule is Br[SiH](c1ccccc1)c1ccccc1.[H+]. The van der Waals surface area contributed by atoms with Crippen molar-refractivity contribution in [1.29, 1.82) is 0 Å². The second-order valence-corrected chi connectivity index (χ2v) is 7.99. The van der Waals surface area contributed by atoms with Gasteiger partial charge in [0.25, 0.3) is 0 Å². The molecule has 2 aromatic carbocycles. The molecule has 2 rings (SSSR count). The van der Waals surface area contributed by atoms with E-state index in [1.807, 2.05) is 0 Å². The number of hydrogen-bond acceptors (Lipinski definition) is 0. The molecule has 0 aliphatic carbocycles. The molecule has 0 radical (unpaired) electrons. The first kappa shape index (κ1) is 9.68. The van der Waals surface area contributed by atoms with Crippen molar-refractivity contribution in [2.24, 2.45) is 0 Å². The summed E-state index contributed by atoms with van der Waals surface area (Å²) in [4.78, 5) is 0. The van der Waals surface area contributed by atoms with Crippen LogP contribution in [0.1, 0.15) is 1.43 Å². The zero-order valence-electron chi connectivity index (χ0n) is 8.73. The van der Waals surface area contributed by atoms with Crippen LogP contribution in [0.4, 0.5) is 0 Å². The summed E-state index contributed by atoms with van der Waals surface area (Å²) in [5.74, 6) is 0. The molecule has 0 heterocycles. The average Bonchev–Trinajstić information content (AvgIpc) is 2.30. The normalized spacial score (nSPS) is 10.4. The Morgan fingerprint density at radius 2 is 1.07 bits per heavy atom. The van der Waals surface area contributed by atoms with Crippen molar-refractivity contribution in [1.82, 2.24) is 0 Å². The van der Waals surface area contributed by atoms with E-state index in [-0.39, 0.29) is 1.43 Å². The Hall–Kier alpha value is -0.863. The van der Waals surface area contributed by atoms with Crippen molar-refractivity contribution < 1.29 is 1.43 Å². The van der Waals surface area contributed by atoms with Crippen molar-refractivity contribution in [2.45, 2.75) is 0 Å². The molecule has 0 saturated heterocycles. The topological polar surface area (TPSA) is 0 Å². The van der Waals surface area contributed by atoms with Gasteiger partial charge in [-0.3, -0.25) is 0 Å². The van der Waals surface area contributed by atoms with Gasteiger partial charge in [0, 0.05) is 0 Å². The van der Waals surface area contributed by atoms with E-state index < -0.39 is 7.42 Å². The van der Waals surface area contributed by atoms with Gasteiger partial charge in [0.05, 0.1) is 0 Å². The maximum atomic E-state index is 3.83. The van der Waals surface area contributed by atoms with Gasteiger partial charge >= 0.3 is 1.43 Å². The van der Waals surface area contributed by atoms with E-state index in [0.717, 1.165) is 0 Å². The lowest BCUT2D eigenvalue weighted by atomic mass is 10.4. The molecular weight excluding hydrogens is 252 g/mol. The Morgan fingerprint density at radius 3 is 1.43 bits per heavy atom. The minimum absolute atomic E-state index is 0. The van der Waals surface area contributed by atoms with Gasteiger partial charge in [0.15, 0.2) is 7.42 Å². The van der Waals surface area contributed by atoms with E-state index in [1.54, 1.807) is 0 Å². The van der Waals surface area contributed by atoms with Crippen LogP contribution >= 0.6 is 15.3 Å². The molecule has 0 aliphatic heterocycles. The lowest BCUT2D eigenvalue weighted by Gasteiger charge is -2.07. The Kier molecular flexibility index (Phi) is 3.17. The lowest BCUT2D eigenvalue weighted by molar-refractivity contribution is 1.74. The fraction of sp³-hybridized carbons (Fsp3) is 0. The van der Waals surface area contributed by atoms with Crippen LogP contribution in [0, 0.1) is 0 Å². The quantitative estimate of drug-likeness (QED) is 0.575. The van der Waals surface area contributed by atoms with Gasteiger partial charge in [-0.1, -0.05) is 60.7 Å². The highest BCUT2D eigenvalue weighted by molar-refractivity contribution is 9.25. The van der Waals surface area contributed by atoms with Gasteiger partial charge in [-0.25, -0.2) is 0 Å². The molecule has 0 atom stereocenters. The fourth-order valence-electron chi connectivity index (χ4n) is 1.44. The summed E-state index contributed by atoms with van der Waals surface area (Å²) in [5.41, 5.74) is 0. The summed E-state index contributed by atoms with van der Waals surface area (Å²) < 4.78 is 0. The third-order valence-electron chi connectivity index (χ3n) is 2.18. The monoisotopic (exact) mass is 263 g/mol. The Labute approximate surface area is 95.3 Å². The first-order chi connectivity index (χ1) is 6.88. The van der Waals surface area contributed by atoms with Crippen molar-refractivity contribution in [3.8, 4) is 0 Å². The third kappa shape index (κ3) is 2.14. The first-order valence-electron chi connectivity index (χ1n) is 4.62. The van der Waals surface area contributed by atoms with Crippen LogP contribution in [0.2, 0.25) is 0 Å². The highest BCUT2D eigenvalue weighted by Gasteiger charge is 2.10.